The molecule has 7 heteroatoms. The topological polar surface area (TPSA) is 50.2 Å². The van der Waals surface area contributed by atoms with Crippen LogP contribution in [-0.2, 0) is 16.9 Å². The van der Waals surface area contributed by atoms with E-state index in [4.69, 9.17) is 23.2 Å². The van der Waals surface area contributed by atoms with Crippen molar-refractivity contribution in [2.75, 3.05) is 20.1 Å². The summed E-state index contributed by atoms with van der Waals surface area (Å²) in [6.07, 6.45) is 5.03. The Morgan fingerprint density at radius 2 is 2.08 bits per heavy atom. The number of halogens is 2. The van der Waals surface area contributed by atoms with Crippen LogP contribution in [0.1, 0.15) is 18.4 Å². The molecule has 2 heterocycles. The summed E-state index contributed by atoms with van der Waals surface area (Å²) < 4.78 is 1.81. The molecule has 24 heavy (non-hydrogen) atoms. The highest BCUT2D eigenvalue weighted by molar-refractivity contribution is 6.42. The summed E-state index contributed by atoms with van der Waals surface area (Å²) in [7, 11) is 1.82. The van der Waals surface area contributed by atoms with Gasteiger partial charge in [-0.05, 0) is 49.7 Å². The van der Waals surface area contributed by atoms with Gasteiger partial charge in [-0.25, -0.2) is 0 Å². The zero-order chi connectivity index (χ0) is 17.2. The second-order valence-electron chi connectivity index (χ2n) is 6.14. The monoisotopic (exact) mass is 366 g/mol. The number of rotatable bonds is 4. The predicted molar refractivity (Wildman–Crippen MR) is 95.2 cm³/mol. The van der Waals surface area contributed by atoms with Gasteiger partial charge >= 0.3 is 0 Å². The minimum absolute atomic E-state index is 0.0683. The number of hydrogen-bond donors (Lipinski definition) is 1. The zero-order valence-electron chi connectivity index (χ0n) is 13.5. The van der Waals surface area contributed by atoms with Crippen LogP contribution in [0.5, 0.6) is 0 Å². The number of carbonyl (C=O) groups is 1. The quantitative estimate of drug-likeness (QED) is 0.904. The fraction of sp³-hybridized carbons (Fsp3) is 0.412. The summed E-state index contributed by atoms with van der Waals surface area (Å²) >= 11 is 12.0. The summed E-state index contributed by atoms with van der Waals surface area (Å²) in [5.41, 5.74) is 0.324. The molecule has 5 nitrogen and oxygen atoms in total. The molecule has 1 amide bonds. The van der Waals surface area contributed by atoms with Gasteiger partial charge in [-0.2, -0.15) is 5.10 Å². The molecule has 0 unspecified atom stereocenters. The molecule has 0 atom stereocenters. The number of nitrogens with one attached hydrogen (secondary N) is 1. The minimum atomic E-state index is -0.625. The molecule has 1 aliphatic rings. The molecule has 1 fully saturated rings. The second kappa shape index (κ2) is 7.13. The van der Waals surface area contributed by atoms with Gasteiger partial charge in [-0.15, -0.1) is 0 Å². The van der Waals surface area contributed by atoms with Crippen LogP contribution in [0.25, 0.3) is 0 Å². The zero-order valence-corrected chi connectivity index (χ0v) is 15.0. The van der Waals surface area contributed by atoms with Crippen molar-refractivity contribution in [3.63, 3.8) is 0 Å². The average Bonchev–Trinajstić information content (AvgIpc) is 3.13. The van der Waals surface area contributed by atoms with Crippen LogP contribution in [0.15, 0.2) is 36.7 Å². The smallest absolute Gasteiger partial charge is 0.250 e. The van der Waals surface area contributed by atoms with Crippen molar-refractivity contribution in [2.24, 2.45) is 0 Å². The Morgan fingerprint density at radius 3 is 2.71 bits per heavy atom. The number of carbonyl (C=O) groups excluding carboxylic acids is 1. The molecule has 0 bridgehead atoms. The predicted octanol–water partition coefficient (Wildman–Crippen LogP) is 2.93. The summed E-state index contributed by atoms with van der Waals surface area (Å²) in [5, 5.41) is 8.68. The molecule has 3 rings (SSSR count). The van der Waals surface area contributed by atoms with E-state index in [2.05, 4.69) is 10.4 Å². The first-order valence-corrected chi connectivity index (χ1v) is 8.69. The van der Waals surface area contributed by atoms with Gasteiger partial charge in [0.15, 0.2) is 0 Å². The first-order valence-electron chi connectivity index (χ1n) is 7.93. The Kier molecular flexibility index (Phi) is 5.13. The number of amides is 1. The first kappa shape index (κ1) is 17.3. The summed E-state index contributed by atoms with van der Waals surface area (Å²) in [4.78, 5) is 15.0. The van der Waals surface area contributed by atoms with E-state index in [1.54, 1.807) is 23.2 Å². The number of nitrogens with zero attached hydrogens (tertiary/aromatic N) is 3. The van der Waals surface area contributed by atoms with Crippen molar-refractivity contribution >= 4 is 29.1 Å². The van der Waals surface area contributed by atoms with Gasteiger partial charge < -0.3 is 10.2 Å². The molecular weight excluding hydrogens is 347 g/mol. The van der Waals surface area contributed by atoms with Crippen LogP contribution >= 0.6 is 23.2 Å². The number of aromatic nitrogens is 2. The lowest BCUT2D eigenvalue weighted by Gasteiger charge is -2.39. The maximum absolute atomic E-state index is 13.3. The third kappa shape index (κ3) is 3.29. The molecule has 1 saturated heterocycles. The molecule has 0 spiro atoms. The fourth-order valence-electron chi connectivity index (χ4n) is 3.24. The Morgan fingerprint density at radius 1 is 1.33 bits per heavy atom. The van der Waals surface area contributed by atoms with Gasteiger partial charge in [-0.3, -0.25) is 9.48 Å². The first-order chi connectivity index (χ1) is 11.5. The Hall–Kier alpha value is -1.56. The molecule has 0 radical (unpaired) electrons. The van der Waals surface area contributed by atoms with E-state index in [0.29, 0.717) is 16.6 Å². The SMILES string of the molecule is CN(Cc1ccc(Cl)c(Cl)c1)C(=O)C1(n2cccn2)CCNCC1. The average molecular weight is 367 g/mol. The van der Waals surface area contributed by atoms with Crippen LogP contribution in [0.4, 0.5) is 0 Å². The van der Waals surface area contributed by atoms with Gasteiger partial charge in [0.2, 0.25) is 0 Å². The maximum atomic E-state index is 13.3. The van der Waals surface area contributed by atoms with Crippen LogP contribution in [0.2, 0.25) is 10.0 Å². The Bertz CT molecular complexity index is 711. The van der Waals surface area contributed by atoms with Crippen molar-refractivity contribution in [3.05, 3.63) is 52.3 Å². The van der Waals surface area contributed by atoms with Crippen molar-refractivity contribution in [1.82, 2.24) is 20.0 Å². The highest BCUT2D eigenvalue weighted by Crippen LogP contribution is 2.30. The van der Waals surface area contributed by atoms with E-state index >= 15 is 0 Å². The standard InChI is InChI=1S/C17H20Cl2N4O/c1-22(12-13-3-4-14(18)15(19)11-13)16(24)17(5-8-20-9-6-17)23-10-2-7-21-23/h2-4,7,10-11,20H,5-6,8-9,12H2,1H3. The fourth-order valence-corrected chi connectivity index (χ4v) is 3.56. The van der Waals surface area contributed by atoms with Gasteiger partial charge in [0.05, 0.1) is 10.0 Å². The van der Waals surface area contributed by atoms with Crippen molar-refractivity contribution < 1.29 is 4.79 Å². The van der Waals surface area contributed by atoms with Crippen LogP contribution in [0.3, 0.4) is 0 Å². The molecule has 1 aromatic carbocycles. The van der Waals surface area contributed by atoms with Gasteiger partial charge in [0.1, 0.15) is 5.54 Å². The summed E-state index contributed by atoms with van der Waals surface area (Å²) in [6.45, 7) is 2.07. The molecule has 2 aromatic rings. The van der Waals surface area contributed by atoms with Gasteiger partial charge in [0.25, 0.3) is 5.91 Å². The lowest BCUT2D eigenvalue weighted by atomic mass is 9.86. The number of piperidine rings is 1. The molecule has 1 aliphatic heterocycles. The summed E-state index contributed by atoms with van der Waals surface area (Å²) in [6, 6.07) is 7.30. The Labute approximate surface area is 151 Å². The van der Waals surface area contributed by atoms with Crippen LogP contribution in [0, 0.1) is 0 Å². The molecule has 1 aromatic heterocycles. The van der Waals surface area contributed by atoms with Crippen LogP contribution < -0.4 is 5.32 Å². The number of likely N-dealkylation sites (N-methyl/N-ethyl adjacent to an activating group) is 1. The summed E-state index contributed by atoms with van der Waals surface area (Å²) in [5.74, 6) is 0.0683. The Balaban J connectivity index is 1.83. The van der Waals surface area contributed by atoms with Gasteiger partial charge in [0, 0.05) is 26.0 Å². The third-order valence-electron chi connectivity index (χ3n) is 4.52. The van der Waals surface area contributed by atoms with E-state index in [9.17, 15) is 4.79 Å². The van der Waals surface area contributed by atoms with Crippen molar-refractivity contribution in [1.29, 1.82) is 0 Å². The van der Waals surface area contributed by atoms with Crippen molar-refractivity contribution in [2.45, 2.75) is 24.9 Å². The highest BCUT2D eigenvalue weighted by Gasteiger charge is 2.43. The normalized spacial score (nSPS) is 16.8. The molecule has 0 saturated carbocycles. The molecule has 128 valence electrons. The molecular formula is C17H20Cl2N4O. The van der Waals surface area contributed by atoms with E-state index in [1.165, 1.54) is 0 Å². The lowest BCUT2D eigenvalue weighted by Crippen LogP contribution is -2.54. The van der Waals surface area contributed by atoms with E-state index < -0.39 is 5.54 Å². The van der Waals surface area contributed by atoms with E-state index in [0.717, 1.165) is 31.5 Å². The minimum Gasteiger partial charge on any atom is -0.339 e. The highest BCUT2D eigenvalue weighted by atomic mass is 35.5. The lowest BCUT2D eigenvalue weighted by molar-refractivity contribution is -0.142. The third-order valence-corrected chi connectivity index (χ3v) is 5.26. The van der Waals surface area contributed by atoms with Crippen LogP contribution in [-0.4, -0.2) is 40.7 Å². The van der Waals surface area contributed by atoms with Crippen molar-refractivity contribution in [3.8, 4) is 0 Å². The van der Waals surface area contributed by atoms with E-state index in [-0.39, 0.29) is 5.91 Å². The number of hydrogen-bond acceptors (Lipinski definition) is 3. The largest absolute Gasteiger partial charge is 0.339 e. The maximum Gasteiger partial charge on any atom is 0.250 e. The second-order valence-corrected chi connectivity index (χ2v) is 6.96. The van der Waals surface area contributed by atoms with E-state index in [1.807, 2.05) is 30.1 Å². The van der Waals surface area contributed by atoms with Gasteiger partial charge in [-0.1, -0.05) is 29.3 Å². The number of benzene rings is 1. The molecule has 1 N–H and O–H groups in total. The molecule has 0 aliphatic carbocycles.